The van der Waals surface area contributed by atoms with Gasteiger partial charge in [0.15, 0.2) is 0 Å². The largest absolute Gasteiger partial charge is 0.319 e. The topological polar surface area (TPSA) is 28.2 Å². The summed E-state index contributed by atoms with van der Waals surface area (Å²) in [5.41, 5.74) is 3.17. The van der Waals surface area contributed by atoms with Crippen LogP contribution in [0.3, 0.4) is 0 Å². The van der Waals surface area contributed by atoms with Crippen molar-refractivity contribution in [1.82, 2.24) is 15.2 Å². The Morgan fingerprint density at radius 1 is 1.71 bits per heavy atom. The fourth-order valence-electron chi connectivity index (χ4n) is 2.34. The summed E-state index contributed by atoms with van der Waals surface area (Å²) < 4.78 is 0. The Hall–Kier alpha value is -0.450. The van der Waals surface area contributed by atoms with Gasteiger partial charge < -0.3 is 5.32 Å². The number of hydrogen-bond donors (Lipinski definition) is 1. The molecule has 0 bridgehead atoms. The molecule has 0 amide bonds. The van der Waals surface area contributed by atoms with Gasteiger partial charge in [-0.05, 0) is 39.5 Å². The smallest absolute Gasteiger partial charge is 0.0795 e. The molecular weight excluding hydrogens is 194 g/mol. The molecule has 0 radical (unpaired) electrons. The fourth-order valence-corrected chi connectivity index (χ4v) is 2.92. The minimum absolute atomic E-state index is 0.522. The normalized spacial score (nSPS) is 28.4. The molecule has 4 heteroatoms. The van der Waals surface area contributed by atoms with Gasteiger partial charge in [-0.3, -0.25) is 4.90 Å². The number of likely N-dealkylation sites (tertiary alicyclic amines) is 1. The molecule has 3 nitrogen and oxygen atoms in total. The van der Waals surface area contributed by atoms with Gasteiger partial charge >= 0.3 is 0 Å². The molecule has 0 spiro atoms. The third-order valence-corrected chi connectivity index (χ3v) is 3.60. The molecule has 1 saturated heterocycles. The van der Waals surface area contributed by atoms with Crippen LogP contribution in [0.15, 0.2) is 10.9 Å². The SMILES string of the molecule is CNCC1CCN(C)C1c1cscn1. The third-order valence-electron chi connectivity index (χ3n) is 2.99. The zero-order chi connectivity index (χ0) is 9.97. The molecule has 1 fully saturated rings. The highest BCUT2D eigenvalue weighted by Gasteiger charge is 2.33. The molecule has 14 heavy (non-hydrogen) atoms. The van der Waals surface area contributed by atoms with Crippen molar-refractivity contribution >= 4 is 11.3 Å². The van der Waals surface area contributed by atoms with Crippen molar-refractivity contribution in [3.05, 3.63) is 16.6 Å². The molecule has 1 aromatic heterocycles. The van der Waals surface area contributed by atoms with E-state index in [1.807, 2.05) is 12.6 Å². The van der Waals surface area contributed by atoms with E-state index in [1.165, 1.54) is 18.7 Å². The number of nitrogens with one attached hydrogen (secondary N) is 1. The van der Waals surface area contributed by atoms with Crippen LogP contribution in [0, 0.1) is 5.92 Å². The van der Waals surface area contributed by atoms with Crippen molar-refractivity contribution in [3.63, 3.8) is 0 Å². The van der Waals surface area contributed by atoms with E-state index < -0.39 is 0 Å². The number of thiazole rings is 1. The second kappa shape index (κ2) is 4.38. The summed E-state index contributed by atoms with van der Waals surface area (Å²) >= 11 is 1.69. The van der Waals surface area contributed by atoms with E-state index in [0.29, 0.717) is 12.0 Å². The summed E-state index contributed by atoms with van der Waals surface area (Å²) in [6, 6.07) is 0.522. The molecule has 1 N–H and O–H groups in total. The van der Waals surface area contributed by atoms with Gasteiger partial charge in [-0.15, -0.1) is 11.3 Å². The number of hydrogen-bond acceptors (Lipinski definition) is 4. The summed E-state index contributed by atoms with van der Waals surface area (Å²) in [5.74, 6) is 0.715. The van der Waals surface area contributed by atoms with Crippen molar-refractivity contribution in [2.75, 3.05) is 27.2 Å². The standard InChI is InChI=1S/C10H17N3S/c1-11-5-8-3-4-13(2)10(8)9-6-14-7-12-9/h6-8,10-11H,3-5H2,1-2H3. The first-order valence-electron chi connectivity index (χ1n) is 5.06. The van der Waals surface area contributed by atoms with Crippen LogP contribution in [0.1, 0.15) is 18.2 Å². The summed E-state index contributed by atoms with van der Waals surface area (Å²) in [5, 5.41) is 5.45. The van der Waals surface area contributed by atoms with E-state index in [2.05, 4.69) is 27.6 Å². The zero-order valence-electron chi connectivity index (χ0n) is 8.73. The van der Waals surface area contributed by atoms with Gasteiger partial charge in [0.1, 0.15) is 0 Å². The number of rotatable bonds is 3. The van der Waals surface area contributed by atoms with E-state index in [1.54, 1.807) is 11.3 Å². The summed E-state index contributed by atoms with van der Waals surface area (Å²) in [6.07, 6.45) is 1.28. The maximum absolute atomic E-state index is 4.43. The predicted molar refractivity (Wildman–Crippen MR) is 59.5 cm³/mol. The van der Waals surface area contributed by atoms with Crippen LogP contribution in [-0.2, 0) is 0 Å². The van der Waals surface area contributed by atoms with Crippen molar-refractivity contribution in [1.29, 1.82) is 0 Å². The Bertz CT molecular complexity index is 271. The van der Waals surface area contributed by atoms with Crippen molar-refractivity contribution in [3.8, 4) is 0 Å². The average Bonchev–Trinajstić information content (AvgIpc) is 2.76. The van der Waals surface area contributed by atoms with Gasteiger partial charge in [0.25, 0.3) is 0 Å². The lowest BCUT2D eigenvalue weighted by Crippen LogP contribution is -2.26. The molecule has 2 unspecified atom stereocenters. The average molecular weight is 211 g/mol. The van der Waals surface area contributed by atoms with Crippen LogP contribution < -0.4 is 5.32 Å². The highest BCUT2D eigenvalue weighted by molar-refractivity contribution is 7.07. The van der Waals surface area contributed by atoms with Crippen LogP contribution in [0.2, 0.25) is 0 Å². The molecule has 2 heterocycles. The molecule has 2 rings (SSSR count). The van der Waals surface area contributed by atoms with E-state index in [4.69, 9.17) is 0 Å². The van der Waals surface area contributed by atoms with E-state index in [9.17, 15) is 0 Å². The first kappa shape index (κ1) is 10.1. The third kappa shape index (κ3) is 1.82. The minimum atomic E-state index is 0.522. The summed E-state index contributed by atoms with van der Waals surface area (Å²) in [4.78, 5) is 6.84. The molecule has 0 aliphatic carbocycles. The number of nitrogens with zero attached hydrogens (tertiary/aromatic N) is 2. The minimum Gasteiger partial charge on any atom is -0.319 e. The maximum Gasteiger partial charge on any atom is 0.0795 e. The second-order valence-corrected chi connectivity index (χ2v) is 4.66. The maximum atomic E-state index is 4.43. The predicted octanol–water partition coefficient (Wildman–Crippen LogP) is 1.36. The first-order chi connectivity index (χ1) is 6.83. The Morgan fingerprint density at radius 2 is 2.57 bits per heavy atom. The van der Waals surface area contributed by atoms with Crippen LogP contribution in [0.5, 0.6) is 0 Å². The molecular formula is C10H17N3S. The number of aromatic nitrogens is 1. The van der Waals surface area contributed by atoms with E-state index in [0.717, 1.165) is 6.54 Å². The Kier molecular flexibility index (Phi) is 3.15. The molecule has 1 aliphatic rings. The fraction of sp³-hybridized carbons (Fsp3) is 0.700. The van der Waals surface area contributed by atoms with Crippen LogP contribution >= 0.6 is 11.3 Å². The van der Waals surface area contributed by atoms with E-state index in [-0.39, 0.29) is 0 Å². The molecule has 0 aromatic carbocycles. The van der Waals surface area contributed by atoms with Gasteiger partial charge in [0.05, 0.1) is 17.2 Å². The first-order valence-corrected chi connectivity index (χ1v) is 6.00. The van der Waals surface area contributed by atoms with E-state index >= 15 is 0 Å². The van der Waals surface area contributed by atoms with Crippen molar-refractivity contribution < 1.29 is 0 Å². The highest BCUT2D eigenvalue weighted by Crippen LogP contribution is 2.35. The van der Waals surface area contributed by atoms with Gasteiger partial charge in [0, 0.05) is 5.38 Å². The molecule has 2 atom stereocenters. The van der Waals surface area contributed by atoms with Crippen LogP contribution in [0.25, 0.3) is 0 Å². The molecule has 78 valence electrons. The van der Waals surface area contributed by atoms with Gasteiger partial charge in [0.2, 0.25) is 0 Å². The Balaban J connectivity index is 2.13. The highest BCUT2D eigenvalue weighted by atomic mass is 32.1. The Labute approximate surface area is 89.1 Å². The monoisotopic (exact) mass is 211 g/mol. The quantitative estimate of drug-likeness (QED) is 0.818. The lowest BCUT2D eigenvalue weighted by atomic mass is 9.98. The van der Waals surface area contributed by atoms with Crippen molar-refractivity contribution in [2.45, 2.75) is 12.5 Å². The second-order valence-electron chi connectivity index (χ2n) is 3.95. The molecule has 0 saturated carbocycles. The Morgan fingerprint density at radius 3 is 3.21 bits per heavy atom. The van der Waals surface area contributed by atoms with Gasteiger partial charge in [-0.2, -0.15) is 0 Å². The van der Waals surface area contributed by atoms with Crippen LogP contribution in [0.4, 0.5) is 0 Å². The van der Waals surface area contributed by atoms with Gasteiger partial charge in [-0.1, -0.05) is 0 Å². The summed E-state index contributed by atoms with van der Waals surface area (Å²) in [6.45, 7) is 2.28. The zero-order valence-corrected chi connectivity index (χ0v) is 9.55. The molecule has 1 aromatic rings. The van der Waals surface area contributed by atoms with Gasteiger partial charge in [-0.25, -0.2) is 4.98 Å². The molecule has 1 aliphatic heterocycles. The van der Waals surface area contributed by atoms with Crippen molar-refractivity contribution in [2.24, 2.45) is 5.92 Å². The summed E-state index contributed by atoms with van der Waals surface area (Å²) in [7, 11) is 4.22. The lowest BCUT2D eigenvalue weighted by Gasteiger charge is -2.23. The lowest BCUT2D eigenvalue weighted by molar-refractivity contribution is 0.269. The van der Waals surface area contributed by atoms with Crippen LogP contribution in [-0.4, -0.2) is 37.1 Å².